The van der Waals surface area contributed by atoms with E-state index in [-0.39, 0.29) is 0 Å². The Bertz CT molecular complexity index is 280. The Hall–Kier alpha value is -1.03. The Morgan fingerprint density at radius 3 is 3.00 bits per heavy atom. The molecule has 0 saturated heterocycles. The molecule has 72 valence electrons. The summed E-state index contributed by atoms with van der Waals surface area (Å²) in [4.78, 5) is 0. The number of nitrogens with two attached hydrogens (primary N) is 1. The summed E-state index contributed by atoms with van der Waals surface area (Å²) in [7, 11) is 1.76. The van der Waals surface area contributed by atoms with Crippen molar-refractivity contribution in [2.75, 3.05) is 12.8 Å². The smallest absolute Gasteiger partial charge is 0.145 e. The fraction of sp³-hybridized carbons (Fsp3) is 0.667. The average Bonchev–Trinajstić information content (AvgIpc) is 2.87. The van der Waals surface area contributed by atoms with Crippen molar-refractivity contribution >= 4 is 5.82 Å². The van der Waals surface area contributed by atoms with E-state index in [0.717, 1.165) is 12.5 Å². The molecule has 1 unspecified atom stereocenters. The highest BCUT2D eigenvalue weighted by Crippen LogP contribution is 2.34. The van der Waals surface area contributed by atoms with Gasteiger partial charge in [0, 0.05) is 13.3 Å². The van der Waals surface area contributed by atoms with Crippen molar-refractivity contribution in [2.24, 2.45) is 5.92 Å². The van der Waals surface area contributed by atoms with Crippen molar-refractivity contribution in [3.05, 3.63) is 12.3 Å². The number of rotatable bonds is 4. The molecule has 1 aromatic heterocycles. The van der Waals surface area contributed by atoms with E-state index in [1.54, 1.807) is 13.2 Å². The summed E-state index contributed by atoms with van der Waals surface area (Å²) in [5, 5.41) is 4.12. The second-order valence-corrected chi connectivity index (χ2v) is 3.57. The summed E-state index contributed by atoms with van der Waals surface area (Å²) in [5.74, 6) is 1.31. The van der Waals surface area contributed by atoms with Crippen LogP contribution in [-0.4, -0.2) is 23.0 Å². The molecule has 2 N–H and O–H groups in total. The van der Waals surface area contributed by atoms with E-state index in [9.17, 15) is 0 Å². The molecule has 1 heterocycles. The summed E-state index contributed by atoms with van der Waals surface area (Å²) in [6, 6.07) is 1.81. The summed E-state index contributed by atoms with van der Waals surface area (Å²) in [6.07, 6.45) is 4.77. The number of hydrogen-bond acceptors (Lipinski definition) is 3. The maximum atomic E-state index is 5.51. The second-order valence-electron chi connectivity index (χ2n) is 3.57. The minimum atomic E-state index is 0.305. The summed E-state index contributed by atoms with van der Waals surface area (Å²) in [6.45, 7) is 0.818. The molecule has 0 aliphatic heterocycles. The minimum absolute atomic E-state index is 0.305. The molecule has 0 amide bonds. The number of aromatic nitrogens is 2. The molecule has 4 heteroatoms. The number of hydrogen-bond donors (Lipinski definition) is 1. The van der Waals surface area contributed by atoms with Gasteiger partial charge < -0.3 is 10.5 Å². The molecule has 0 radical (unpaired) electrons. The SMILES string of the molecule is COC(Cn1ccc(N)n1)C1CC1. The van der Waals surface area contributed by atoms with E-state index < -0.39 is 0 Å². The predicted octanol–water partition coefficient (Wildman–Crippen LogP) is 0.890. The van der Waals surface area contributed by atoms with Crippen LogP contribution in [0.15, 0.2) is 12.3 Å². The van der Waals surface area contributed by atoms with E-state index in [0.29, 0.717) is 11.9 Å². The van der Waals surface area contributed by atoms with Gasteiger partial charge in [-0.2, -0.15) is 5.10 Å². The van der Waals surface area contributed by atoms with Crippen molar-refractivity contribution in [3.8, 4) is 0 Å². The molecule has 1 aliphatic carbocycles. The van der Waals surface area contributed by atoms with Crippen molar-refractivity contribution in [3.63, 3.8) is 0 Å². The maximum Gasteiger partial charge on any atom is 0.145 e. The van der Waals surface area contributed by atoms with Gasteiger partial charge in [-0.15, -0.1) is 0 Å². The minimum Gasteiger partial charge on any atom is -0.382 e. The molecule has 0 bridgehead atoms. The predicted molar refractivity (Wildman–Crippen MR) is 50.2 cm³/mol. The van der Waals surface area contributed by atoms with Gasteiger partial charge in [0.15, 0.2) is 0 Å². The first kappa shape index (κ1) is 8.56. The van der Waals surface area contributed by atoms with Crippen LogP contribution >= 0.6 is 0 Å². The van der Waals surface area contributed by atoms with Crippen LogP contribution in [0.2, 0.25) is 0 Å². The Kier molecular flexibility index (Phi) is 2.22. The summed E-state index contributed by atoms with van der Waals surface area (Å²) < 4.78 is 7.23. The van der Waals surface area contributed by atoms with E-state index in [1.165, 1.54) is 12.8 Å². The first-order valence-electron chi connectivity index (χ1n) is 4.61. The van der Waals surface area contributed by atoms with E-state index in [4.69, 9.17) is 10.5 Å². The van der Waals surface area contributed by atoms with Gasteiger partial charge in [0.05, 0.1) is 12.6 Å². The molecule has 4 nitrogen and oxygen atoms in total. The van der Waals surface area contributed by atoms with E-state index in [2.05, 4.69) is 5.10 Å². The van der Waals surface area contributed by atoms with E-state index >= 15 is 0 Å². The third-order valence-electron chi connectivity index (χ3n) is 2.48. The zero-order valence-corrected chi connectivity index (χ0v) is 7.81. The number of anilines is 1. The summed E-state index contributed by atoms with van der Waals surface area (Å²) in [5.41, 5.74) is 5.51. The topological polar surface area (TPSA) is 53.1 Å². The Balaban J connectivity index is 1.95. The van der Waals surface area contributed by atoms with Crippen LogP contribution in [0.3, 0.4) is 0 Å². The number of ether oxygens (including phenoxy) is 1. The van der Waals surface area contributed by atoms with Gasteiger partial charge in [0.1, 0.15) is 5.82 Å². The monoisotopic (exact) mass is 181 g/mol. The Morgan fingerprint density at radius 1 is 1.77 bits per heavy atom. The van der Waals surface area contributed by atoms with Crippen LogP contribution in [0.1, 0.15) is 12.8 Å². The normalized spacial score (nSPS) is 18.8. The molecule has 13 heavy (non-hydrogen) atoms. The van der Waals surface area contributed by atoms with Gasteiger partial charge in [-0.3, -0.25) is 4.68 Å². The molecule has 1 saturated carbocycles. The summed E-state index contributed by atoms with van der Waals surface area (Å²) >= 11 is 0. The Labute approximate surface area is 77.7 Å². The lowest BCUT2D eigenvalue weighted by Crippen LogP contribution is -2.21. The lowest BCUT2D eigenvalue weighted by Gasteiger charge is -2.13. The van der Waals surface area contributed by atoms with E-state index in [1.807, 2.05) is 10.9 Å². The third-order valence-corrected chi connectivity index (χ3v) is 2.48. The van der Waals surface area contributed by atoms with Crippen LogP contribution in [0.5, 0.6) is 0 Å². The van der Waals surface area contributed by atoms with Crippen LogP contribution in [-0.2, 0) is 11.3 Å². The molecule has 0 aromatic carbocycles. The highest BCUT2D eigenvalue weighted by atomic mass is 16.5. The fourth-order valence-corrected chi connectivity index (χ4v) is 1.55. The molecular formula is C9H15N3O. The molecule has 1 aliphatic rings. The largest absolute Gasteiger partial charge is 0.382 e. The van der Waals surface area contributed by atoms with Gasteiger partial charge in [0.25, 0.3) is 0 Å². The highest BCUT2D eigenvalue weighted by Gasteiger charge is 2.31. The quantitative estimate of drug-likeness (QED) is 0.750. The molecule has 2 rings (SSSR count). The van der Waals surface area contributed by atoms with Gasteiger partial charge in [-0.25, -0.2) is 0 Å². The lowest BCUT2D eigenvalue weighted by molar-refractivity contribution is 0.0670. The number of nitrogens with zero attached hydrogens (tertiary/aromatic N) is 2. The van der Waals surface area contributed by atoms with Crippen LogP contribution in [0, 0.1) is 5.92 Å². The van der Waals surface area contributed by atoms with Crippen molar-refractivity contribution in [2.45, 2.75) is 25.5 Å². The zero-order valence-electron chi connectivity index (χ0n) is 7.81. The molecule has 1 fully saturated rings. The number of nitrogen functional groups attached to an aromatic ring is 1. The lowest BCUT2D eigenvalue weighted by atomic mass is 10.2. The average molecular weight is 181 g/mol. The Morgan fingerprint density at radius 2 is 2.54 bits per heavy atom. The maximum absolute atomic E-state index is 5.51. The number of methoxy groups -OCH3 is 1. The van der Waals surface area contributed by atoms with Crippen molar-refractivity contribution in [1.29, 1.82) is 0 Å². The van der Waals surface area contributed by atoms with Crippen LogP contribution in [0.4, 0.5) is 5.82 Å². The third kappa shape index (κ3) is 2.01. The fourth-order valence-electron chi connectivity index (χ4n) is 1.55. The van der Waals surface area contributed by atoms with Gasteiger partial charge in [-0.1, -0.05) is 0 Å². The van der Waals surface area contributed by atoms with Crippen molar-refractivity contribution in [1.82, 2.24) is 9.78 Å². The first-order valence-corrected chi connectivity index (χ1v) is 4.61. The van der Waals surface area contributed by atoms with Crippen LogP contribution < -0.4 is 5.73 Å². The van der Waals surface area contributed by atoms with Gasteiger partial charge >= 0.3 is 0 Å². The second kappa shape index (κ2) is 3.38. The molecule has 0 spiro atoms. The molecular weight excluding hydrogens is 166 g/mol. The standard InChI is InChI=1S/C9H15N3O/c1-13-8(7-2-3-7)6-12-5-4-9(10)11-12/h4-5,7-8H,2-3,6H2,1H3,(H2,10,11). The first-order chi connectivity index (χ1) is 6.29. The highest BCUT2D eigenvalue weighted by molar-refractivity contribution is 5.23. The van der Waals surface area contributed by atoms with Gasteiger partial charge in [0.2, 0.25) is 0 Å². The zero-order chi connectivity index (χ0) is 9.26. The molecule has 1 aromatic rings. The van der Waals surface area contributed by atoms with Crippen molar-refractivity contribution < 1.29 is 4.74 Å². The molecule has 1 atom stereocenters. The van der Waals surface area contributed by atoms with Crippen LogP contribution in [0.25, 0.3) is 0 Å². The van der Waals surface area contributed by atoms with Gasteiger partial charge in [-0.05, 0) is 24.8 Å².